The van der Waals surface area contributed by atoms with Crippen LogP contribution >= 0.6 is 0 Å². The predicted molar refractivity (Wildman–Crippen MR) is 73.1 cm³/mol. The standard InChI is InChI=1S/C15H20N2O2/c1-17-5-3-4-12(15(17)18)13-6-10-8-16-9-11(10)7-14(13)19-2/h6-7,12,16H,3-5,8-9H2,1-2H3. The van der Waals surface area contributed by atoms with Gasteiger partial charge in [-0.2, -0.15) is 0 Å². The molecule has 1 N–H and O–H groups in total. The first-order valence-electron chi connectivity index (χ1n) is 6.86. The SMILES string of the molecule is COc1cc2c(cc1C1CCCN(C)C1=O)CNC2. The number of ether oxygens (including phenoxy) is 1. The van der Waals surface area contributed by atoms with Crippen LogP contribution in [0.2, 0.25) is 0 Å². The maximum Gasteiger partial charge on any atom is 0.229 e. The quantitative estimate of drug-likeness (QED) is 0.879. The van der Waals surface area contributed by atoms with E-state index in [1.54, 1.807) is 7.11 Å². The van der Waals surface area contributed by atoms with E-state index < -0.39 is 0 Å². The third-order valence-corrected chi connectivity index (χ3v) is 4.22. The Balaban J connectivity index is 2.01. The number of amides is 1. The summed E-state index contributed by atoms with van der Waals surface area (Å²) >= 11 is 0. The Kier molecular flexibility index (Phi) is 3.19. The number of nitrogens with one attached hydrogen (secondary N) is 1. The molecule has 4 nitrogen and oxygen atoms in total. The molecule has 0 saturated carbocycles. The van der Waals surface area contributed by atoms with Crippen LogP contribution in [-0.2, 0) is 17.9 Å². The summed E-state index contributed by atoms with van der Waals surface area (Å²) in [6.07, 6.45) is 1.98. The van der Waals surface area contributed by atoms with Gasteiger partial charge in [0.15, 0.2) is 0 Å². The first-order chi connectivity index (χ1) is 9.20. The Hall–Kier alpha value is -1.55. The van der Waals surface area contributed by atoms with Crippen LogP contribution in [-0.4, -0.2) is 31.5 Å². The van der Waals surface area contributed by atoms with Crippen molar-refractivity contribution in [1.29, 1.82) is 0 Å². The number of carbonyl (C=O) groups excluding carboxylic acids is 1. The van der Waals surface area contributed by atoms with Gasteiger partial charge in [-0.25, -0.2) is 0 Å². The number of fused-ring (bicyclic) bond motifs is 1. The molecule has 2 heterocycles. The molecular formula is C15H20N2O2. The maximum atomic E-state index is 12.3. The molecule has 4 heteroatoms. The summed E-state index contributed by atoms with van der Waals surface area (Å²) in [5.41, 5.74) is 3.65. The molecule has 1 fully saturated rings. The van der Waals surface area contributed by atoms with Gasteiger partial charge in [0.1, 0.15) is 5.75 Å². The summed E-state index contributed by atoms with van der Waals surface area (Å²) in [6, 6.07) is 4.25. The van der Waals surface area contributed by atoms with E-state index in [1.807, 2.05) is 11.9 Å². The smallest absolute Gasteiger partial charge is 0.229 e. The van der Waals surface area contributed by atoms with E-state index in [0.717, 1.165) is 43.8 Å². The predicted octanol–water partition coefficient (Wildman–Crippen LogP) is 1.63. The Bertz CT molecular complexity index is 513. The molecule has 2 aliphatic rings. The van der Waals surface area contributed by atoms with Crippen LogP contribution < -0.4 is 10.1 Å². The largest absolute Gasteiger partial charge is 0.496 e. The van der Waals surface area contributed by atoms with E-state index in [4.69, 9.17) is 4.74 Å². The van der Waals surface area contributed by atoms with Crippen molar-refractivity contribution in [2.45, 2.75) is 31.8 Å². The number of benzene rings is 1. The fourth-order valence-corrected chi connectivity index (χ4v) is 3.12. The molecule has 0 aliphatic carbocycles. The lowest BCUT2D eigenvalue weighted by atomic mass is 9.87. The molecule has 1 unspecified atom stereocenters. The zero-order valence-electron chi connectivity index (χ0n) is 11.5. The highest BCUT2D eigenvalue weighted by atomic mass is 16.5. The Morgan fingerprint density at radius 3 is 2.79 bits per heavy atom. The molecule has 0 bridgehead atoms. The lowest BCUT2D eigenvalue weighted by Crippen LogP contribution is -2.37. The van der Waals surface area contributed by atoms with Gasteiger partial charge < -0.3 is 15.0 Å². The lowest BCUT2D eigenvalue weighted by molar-refractivity contribution is -0.133. The Morgan fingerprint density at radius 2 is 2.05 bits per heavy atom. The van der Waals surface area contributed by atoms with Crippen molar-refractivity contribution in [3.05, 3.63) is 28.8 Å². The molecule has 0 radical (unpaired) electrons. The number of carbonyl (C=O) groups is 1. The van der Waals surface area contributed by atoms with Crippen molar-refractivity contribution >= 4 is 5.91 Å². The van der Waals surface area contributed by atoms with Crippen molar-refractivity contribution in [1.82, 2.24) is 10.2 Å². The molecule has 19 heavy (non-hydrogen) atoms. The highest BCUT2D eigenvalue weighted by molar-refractivity contribution is 5.85. The number of likely N-dealkylation sites (N-methyl/N-ethyl adjacent to an activating group) is 1. The molecular weight excluding hydrogens is 240 g/mol. The summed E-state index contributed by atoms with van der Waals surface area (Å²) < 4.78 is 5.51. The summed E-state index contributed by atoms with van der Waals surface area (Å²) in [4.78, 5) is 14.2. The van der Waals surface area contributed by atoms with Gasteiger partial charge in [-0.3, -0.25) is 4.79 Å². The molecule has 0 aromatic heterocycles. The van der Waals surface area contributed by atoms with Crippen molar-refractivity contribution in [2.75, 3.05) is 20.7 Å². The Morgan fingerprint density at radius 1 is 1.32 bits per heavy atom. The van der Waals surface area contributed by atoms with Crippen LogP contribution in [0.5, 0.6) is 5.75 Å². The number of methoxy groups -OCH3 is 1. The van der Waals surface area contributed by atoms with Gasteiger partial charge in [0.2, 0.25) is 5.91 Å². The highest BCUT2D eigenvalue weighted by Crippen LogP contribution is 2.36. The third-order valence-electron chi connectivity index (χ3n) is 4.22. The van der Waals surface area contributed by atoms with E-state index in [0.29, 0.717) is 0 Å². The van der Waals surface area contributed by atoms with Crippen molar-refractivity contribution < 1.29 is 9.53 Å². The number of likely N-dealkylation sites (tertiary alicyclic amines) is 1. The molecule has 102 valence electrons. The van der Waals surface area contributed by atoms with E-state index in [9.17, 15) is 4.79 Å². The summed E-state index contributed by atoms with van der Waals surface area (Å²) in [6.45, 7) is 2.65. The van der Waals surface area contributed by atoms with E-state index in [-0.39, 0.29) is 11.8 Å². The fraction of sp³-hybridized carbons (Fsp3) is 0.533. The number of hydrogen-bond donors (Lipinski definition) is 1. The average Bonchev–Trinajstić information content (AvgIpc) is 2.87. The van der Waals surface area contributed by atoms with Crippen LogP contribution in [0.4, 0.5) is 0 Å². The normalized spacial score (nSPS) is 22.5. The first-order valence-corrected chi connectivity index (χ1v) is 6.86. The van der Waals surface area contributed by atoms with Gasteiger partial charge >= 0.3 is 0 Å². The van der Waals surface area contributed by atoms with Crippen LogP contribution in [0.25, 0.3) is 0 Å². The van der Waals surface area contributed by atoms with Crippen LogP contribution in [0, 0.1) is 0 Å². The van der Waals surface area contributed by atoms with Crippen LogP contribution in [0.1, 0.15) is 35.4 Å². The summed E-state index contributed by atoms with van der Waals surface area (Å²) in [5, 5.41) is 3.34. The lowest BCUT2D eigenvalue weighted by Gasteiger charge is -2.30. The number of rotatable bonds is 2. The first kappa shape index (κ1) is 12.5. The minimum atomic E-state index is -0.0420. The molecule has 3 rings (SSSR count). The molecule has 1 aromatic carbocycles. The third kappa shape index (κ3) is 2.10. The maximum absolute atomic E-state index is 12.3. The summed E-state index contributed by atoms with van der Waals surface area (Å²) in [7, 11) is 3.57. The van der Waals surface area contributed by atoms with E-state index in [2.05, 4.69) is 17.4 Å². The zero-order chi connectivity index (χ0) is 13.4. The van der Waals surface area contributed by atoms with Crippen LogP contribution in [0.15, 0.2) is 12.1 Å². The molecule has 1 aromatic rings. The molecule has 1 atom stereocenters. The molecule has 1 amide bonds. The molecule has 1 saturated heterocycles. The van der Waals surface area contributed by atoms with Crippen molar-refractivity contribution in [3.63, 3.8) is 0 Å². The van der Waals surface area contributed by atoms with Gasteiger partial charge in [0, 0.05) is 32.2 Å². The highest BCUT2D eigenvalue weighted by Gasteiger charge is 2.31. The number of piperidine rings is 1. The molecule has 0 spiro atoms. The van der Waals surface area contributed by atoms with Gasteiger partial charge in [-0.05, 0) is 36.1 Å². The zero-order valence-corrected chi connectivity index (χ0v) is 11.5. The number of nitrogens with zero attached hydrogens (tertiary/aromatic N) is 1. The average molecular weight is 260 g/mol. The topological polar surface area (TPSA) is 41.6 Å². The second-order valence-electron chi connectivity index (χ2n) is 5.42. The van der Waals surface area contributed by atoms with Gasteiger partial charge in [0.25, 0.3) is 0 Å². The second-order valence-corrected chi connectivity index (χ2v) is 5.42. The van der Waals surface area contributed by atoms with Gasteiger partial charge in [0.05, 0.1) is 13.0 Å². The Labute approximate surface area is 113 Å². The van der Waals surface area contributed by atoms with Crippen molar-refractivity contribution in [2.24, 2.45) is 0 Å². The minimum Gasteiger partial charge on any atom is -0.496 e. The number of hydrogen-bond acceptors (Lipinski definition) is 3. The van der Waals surface area contributed by atoms with Gasteiger partial charge in [-0.15, -0.1) is 0 Å². The second kappa shape index (κ2) is 4.85. The van der Waals surface area contributed by atoms with Crippen LogP contribution in [0.3, 0.4) is 0 Å². The monoisotopic (exact) mass is 260 g/mol. The van der Waals surface area contributed by atoms with Gasteiger partial charge in [-0.1, -0.05) is 0 Å². The molecule has 2 aliphatic heterocycles. The minimum absolute atomic E-state index is 0.0420. The fourth-order valence-electron chi connectivity index (χ4n) is 3.12. The van der Waals surface area contributed by atoms with Crippen molar-refractivity contribution in [3.8, 4) is 5.75 Å². The van der Waals surface area contributed by atoms with E-state index >= 15 is 0 Å². The summed E-state index contributed by atoms with van der Waals surface area (Å²) in [5.74, 6) is 1.03. The van der Waals surface area contributed by atoms with E-state index in [1.165, 1.54) is 11.1 Å².